The molecule has 0 spiro atoms. The third-order valence-corrected chi connectivity index (χ3v) is 5.00. The van der Waals surface area contributed by atoms with Crippen LogP contribution < -0.4 is 5.32 Å². The second-order valence-electron chi connectivity index (χ2n) is 7.86. The normalized spacial score (nSPS) is 20.6. The molecule has 1 aliphatic heterocycles. The van der Waals surface area contributed by atoms with Gasteiger partial charge in [0.15, 0.2) is 0 Å². The van der Waals surface area contributed by atoms with Crippen LogP contribution in [0.5, 0.6) is 0 Å². The van der Waals surface area contributed by atoms with Gasteiger partial charge in [0, 0.05) is 29.5 Å². The Labute approximate surface area is 172 Å². The lowest BCUT2D eigenvalue weighted by molar-refractivity contribution is -0.139. The Morgan fingerprint density at radius 3 is 2.57 bits per heavy atom. The Kier molecular flexibility index (Phi) is 7.28. The van der Waals surface area contributed by atoms with Gasteiger partial charge in [-0.3, -0.25) is 4.79 Å². The van der Waals surface area contributed by atoms with Crippen LogP contribution in [0.3, 0.4) is 0 Å². The molecule has 0 fully saturated rings. The van der Waals surface area contributed by atoms with E-state index in [1.807, 2.05) is 0 Å². The number of ether oxygens (including phenoxy) is 1. The minimum absolute atomic E-state index is 0.00473. The first-order valence-electron chi connectivity index (χ1n) is 9.50. The second kappa shape index (κ2) is 9.32. The average molecular weight is 426 g/mol. The summed E-state index contributed by atoms with van der Waals surface area (Å²) >= 11 is 0. The highest BCUT2D eigenvalue weighted by Gasteiger charge is 2.32. The van der Waals surface area contributed by atoms with Crippen LogP contribution in [-0.2, 0) is 22.1 Å². The summed E-state index contributed by atoms with van der Waals surface area (Å²) in [6.45, 7) is 7.40. The highest BCUT2D eigenvalue weighted by Crippen LogP contribution is 2.31. The van der Waals surface area contributed by atoms with Crippen LogP contribution in [0.15, 0.2) is 35.5 Å². The number of esters is 1. The molecule has 1 amide bonds. The quantitative estimate of drug-likeness (QED) is 0.283. The molecule has 2 rings (SSSR count). The number of rotatable bonds is 0. The number of amides is 1. The maximum Gasteiger partial charge on any atom is 0.416 e. The molecule has 0 radical (unpaired) electrons. The van der Waals surface area contributed by atoms with Crippen LogP contribution in [0.4, 0.5) is 13.2 Å². The number of oxime groups is 1. The highest BCUT2D eigenvalue weighted by atomic mass is 19.4. The summed E-state index contributed by atoms with van der Waals surface area (Å²) < 4.78 is 44.6. The number of nitrogens with one attached hydrogen (secondary N) is 1. The predicted octanol–water partition coefficient (Wildman–Crippen LogP) is 4.12. The van der Waals surface area contributed by atoms with Crippen molar-refractivity contribution in [3.8, 4) is 0 Å². The zero-order chi connectivity index (χ0) is 22.5. The maximum atomic E-state index is 13.2. The van der Waals surface area contributed by atoms with E-state index in [1.165, 1.54) is 0 Å². The maximum absolute atomic E-state index is 13.2. The number of hydrogen-bond donors (Lipinski definition) is 2. The Balaban J connectivity index is 2.43. The number of carbonyl (C=O) groups excluding carboxylic acids is 2. The van der Waals surface area contributed by atoms with E-state index in [9.17, 15) is 28.0 Å². The first kappa shape index (κ1) is 23.4. The summed E-state index contributed by atoms with van der Waals surface area (Å²) in [5.41, 5.74) is -1.17. The molecule has 0 saturated heterocycles. The molecule has 1 aromatic carbocycles. The van der Waals surface area contributed by atoms with Gasteiger partial charge in [0.25, 0.3) is 5.91 Å². The van der Waals surface area contributed by atoms with Crippen molar-refractivity contribution in [3.05, 3.63) is 47.0 Å². The molecule has 2 N–H and O–H groups in total. The van der Waals surface area contributed by atoms with Gasteiger partial charge >= 0.3 is 12.1 Å². The molecule has 6 nitrogen and oxygen atoms in total. The number of fused-ring (bicyclic) bond motifs is 1. The molecule has 0 atom stereocenters. The molecule has 9 heteroatoms. The lowest BCUT2D eigenvalue weighted by Crippen LogP contribution is -2.39. The topological polar surface area (TPSA) is 88.0 Å². The Hall–Kier alpha value is -2.84. The van der Waals surface area contributed by atoms with E-state index in [0.29, 0.717) is 25.0 Å². The summed E-state index contributed by atoms with van der Waals surface area (Å²) in [7, 11) is 0. The van der Waals surface area contributed by atoms with E-state index < -0.39 is 29.0 Å². The van der Waals surface area contributed by atoms with E-state index in [0.717, 1.165) is 18.2 Å². The van der Waals surface area contributed by atoms with Crippen LogP contribution in [0.25, 0.3) is 0 Å². The molecule has 164 valence electrons. The number of benzene rings is 1. The van der Waals surface area contributed by atoms with Gasteiger partial charge in [-0.2, -0.15) is 13.2 Å². The first-order chi connectivity index (χ1) is 14.0. The molecular weight excluding hydrogens is 401 g/mol. The smallest absolute Gasteiger partial charge is 0.416 e. The molecule has 1 aliphatic rings. The molecule has 0 bridgehead atoms. The number of hydrogen-bond acceptors (Lipinski definition) is 5. The van der Waals surface area contributed by atoms with E-state index in [4.69, 9.17) is 4.74 Å². The zero-order valence-electron chi connectivity index (χ0n) is 16.9. The first-order valence-corrected chi connectivity index (χ1v) is 9.50. The third-order valence-electron chi connectivity index (χ3n) is 5.00. The Bertz CT molecular complexity index is 860. The van der Waals surface area contributed by atoms with Gasteiger partial charge < -0.3 is 15.3 Å². The third kappa shape index (κ3) is 5.84. The highest BCUT2D eigenvalue weighted by molar-refractivity contribution is 5.97. The van der Waals surface area contributed by atoms with Crippen LogP contribution in [0.2, 0.25) is 0 Å². The molecule has 0 aliphatic carbocycles. The zero-order valence-corrected chi connectivity index (χ0v) is 16.9. The molecular formula is C21H25F3N2O4. The van der Waals surface area contributed by atoms with Gasteiger partial charge in [0.1, 0.15) is 0 Å². The summed E-state index contributed by atoms with van der Waals surface area (Å²) in [6.07, 6.45) is -3.32. The van der Waals surface area contributed by atoms with E-state index >= 15 is 0 Å². The monoisotopic (exact) mass is 426 g/mol. The van der Waals surface area contributed by atoms with Crippen molar-refractivity contribution in [1.82, 2.24) is 5.32 Å². The summed E-state index contributed by atoms with van der Waals surface area (Å²) in [4.78, 5) is 24.9. The van der Waals surface area contributed by atoms with Crippen molar-refractivity contribution < 1.29 is 32.7 Å². The standard InChI is InChI=1S/C21H25F3N2O4/c1-13-10-14-11-15(21(22,23)24)7-8-16(14)18(27)25-12-20(2,3)17(26-29)6-4-5-9-30-19(13)28/h7-8,11,29H,1,4-6,9-10,12H2,2-3H3,(H,25,27)/b26-17+. The van der Waals surface area contributed by atoms with Crippen molar-refractivity contribution in [3.63, 3.8) is 0 Å². The number of alkyl halides is 3. The largest absolute Gasteiger partial charge is 0.462 e. The van der Waals surface area contributed by atoms with Crippen molar-refractivity contribution >= 4 is 17.6 Å². The van der Waals surface area contributed by atoms with Gasteiger partial charge in [-0.25, -0.2) is 4.79 Å². The average Bonchev–Trinajstić information content (AvgIpc) is 2.67. The lowest BCUT2D eigenvalue weighted by Gasteiger charge is -2.26. The second-order valence-corrected chi connectivity index (χ2v) is 7.86. The molecule has 1 heterocycles. The van der Waals surface area contributed by atoms with Crippen molar-refractivity contribution in [2.24, 2.45) is 10.6 Å². The van der Waals surface area contributed by atoms with E-state index in [1.54, 1.807) is 13.8 Å². The van der Waals surface area contributed by atoms with Crippen molar-refractivity contribution in [2.45, 2.75) is 45.7 Å². The molecule has 30 heavy (non-hydrogen) atoms. The summed E-state index contributed by atoms with van der Waals surface area (Å²) in [6, 6.07) is 2.74. The molecule has 0 unspecified atom stereocenters. The van der Waals surface area contributed by atoms with Gasteiger partial charge in [0.05, 0.1) is 17.9 Å². The lowest BCUT2D eigenvalue weighted by atomic mass is 9.84. The van der Waals surface area contributed by atoms with Crippen molar-refractivity contribution in [2.75, 3.05) is 13.2 Å². The fourth-order valence-electron chi connectivity index (χ4n) is 3.12. The van der Waals surface area contributed by atoms with E-state index in [2.05, 4.69) is 17.1 Å². The number of nitrogens with zero attached hydrogens (tertiary/aromatic N) is 1. The van der Waals surface area contributed by atoms with Gasteiger partial charge in [-0.15, -0.1) is 0 Å². The molecule has 1 aromatic rings. The van der Waals surface area contributed by atoms with Crippen LogP contribution in [0, 0.1) is 5.41 Å². The Morgan fingerprint density at radius 1 is 1.23 bits per heavy atom. The van der Waals surface area contributed by atoms with Gasteiger partial charge in [-0.1, -0.05) is 25.6 Å². The summed E-state index contributed by atoms with van der Waals surface area (Å²) in [5, 5.41) is 15.4. The van der Waals surface area contributed by atoms with Crippen LogP contribution >= 0.6 is 0 Å². The fraction of sp³-hybridized carbons (Fsp3) is 0.476. The van der Waals surface area contributed by atoms with E-state index in [-0.39, 0.29) is 36.3 Å². The predicted molar refractivity (Wildman–Crippen MR) is 104 cm³/mol. The minimum atomic E-state index is -4.60. The van der Waals surface area contributed by atoms with Gasteiger partial charge in [-0.05, 0) is 43.0 Å². The molecule has 0 saturated carbocycles. The SMILES string of the molecule is C=C1Cc2cc(C(F)(F)F)ccc2C(=O)NCC(C)(C)/C(=N/O)CCCCOC1=O. The van der Waals surface area contributed by atoms with Gasteiger partial charge in [0.2, 0.25) is 0 Å². The minimum Gasteiger partial charge on any atom is -0.462 e. The fourth-order valence-corrected chi connectivity index (χ4v) is 3.12. The Morgan fingerprint density at radius 2 is 1.93 bits per heavy atom. The number of carbonyl (C=O) groups is 2. The number of cyclic esters (lactones) is 1. The number of halogens is 3. The van der Waals surface area contributed by atoms with Crippen LogP contribution in [0.1, 0.15) is 54.6 Å². The summed E-state index contributed by atoms with van der Waals surface area (Å²) in [5.74, 6) is -1.33. The van der Waals surface area contributed by atoms with Crippen molar-refractivity contribution in [1.29, 1.82) is 0 Å². The van der Waals surface area contributed by atoms with Crippen LogP contribution in [-0.4, -0.2) is 35.9 Å². The molecule has 0 aromatic heterocycles.